The van der Waals surface area contributed by atoms with Gasteiger partial charge in [-0.1, -0.05) is 11.6 Å². The highest BCUT2D eigenvalue weighted by atomic mass is 35.5. The van der Waals surface area contributed by atoms with E-state index in [0.717, 1.165) is 6.07 Å². The van der Waals surface area contributed by atoms with Gasteiger partial charge in [-0.15, -0.1) is 0 Å². The highest BCUT2D eigenvalue weighted by Crippen LogP contribution is 2.40. The van der Waals surface area contributed by atoms with Gasteiger partial charge in [0.2, 0.25) is 0 Å². The molecule has 5 nitrogen and oxygen atoms in total. The molecule has 0 unspecified atom stereocenters. The lowest BCUT2D eigenvalue weighted by Crippen LogP contribution is -2.29. The van der Waals surface area contributed by atoms with E-state index >= 15 is 0 Å². The predicted octanol–water partition coefficient (Wildman–Crippen LogP) is 3.59. The quantitative estimate of drug-likeness (QED) is 0.663. The standard InChI is InChI=1S/C12H12ClF3N2O3S/c13-9-6-10(17-7-1-3-22(21)4-2-7)11(18(19)20)5-8(9)12(14,15)16/h5-7,17H,1-4H2. The van der Waals surface area contributed by atoms with E-state index < -0.39 is 38.2 Å². The summed E-state index contributed by atoms with van der Waals surface area (Å²) in [5, 5.41) is 13.3. The fraction of sp³-hybridized carbons (Fsp3) is 0.500. The molecule has 0 aliphatic carbocycles. The molecule has 2 rings (SSSR count). The molecule has 0 radical (unpaired) electrons. The van der Waals surface area contributed by atoms with Crippen LogP contribution in [0.1, 0.15) is 18.4 Å². The van der Waals surface area contributed by atoms with Gasteiger partial charge in [0.15, 0.2) is 0 Å². The molecular weight excluding hydrogens is 345 g/mol. The summed E-state index contributed by atoms with van der Waals surface area (Å²) in [6.45, 7) is 0. The minimum atomic E-state index is -4.76. The van der Waals surface area contributed by atoms with Crippen LogP contribution in [0, 0.1) is 10.1 Å². The van der Waals surface area contributed by atoms with E-state index in [9.17, 15) is 27.5 Å². The average Bonchev–Trinajstić information content (AvgIpc) is 2.39. The normalized spacial score (nSPS) is 22.4. The van der Waals surface area contributed by atoms with Crippen LogP contribution in [0.3, 0.4) is 0 Å². The predicted molar refractivity (Wildman–Crippen MR) is 77.6 cm³/mol. The van der Waals surface area contributed by atoms with Gasteiger partial charge in [-0.3, -0.25) is 14.3 Å². The van der Waals surface area contributed by atoms with Crippen molar-refractivity contribution in [3.8, 4) is 0 Å². The number of anilines is 1. The molecule has 1 aromatic rings. The highest BCUT2D eigenvalue weighted by Gasteiger charge is 2.36. The lowest BCUT2D eigenvalue weighted by Gasteiger charge is -2.24. The van der Waals surface area contributed by atoms with Gasteiger partial charge in [0.1, 0.15) is 5.69 Å². The smallest absolute Gasteiger partial charge is 0.377 e. The Balaban J connectivity index is 2.32. The van der Waals surface area contributed by atoms with E-state index in [1.165, 1.54) is 0 Å². The minimum absolute atomic E-state index is 0.0549. The van der Waals surface area contributed by atoms with E-state index in [0.29, 0.717) is 30.4 Å². The fourth-order valence-corrected chi connectivity index (χ4v) is 3.77. The summed E-state index contributed by atoms with van der Waals surface area (Å²) in [6, 6.07) is 1.18. The van der Waals surface area contributed by atoms with Crippen molar-refractivity contribution in [1.29, 1.82) is 0 Å². The maximum atomic E-state index is 12.8. The summed E-state index contributed by atoms with van der Waals surface area (Å²) < 4.78 is 49.6. The van der Waals surface area contributed by atoms with Gasteiger partial charge in [-0.25, -0.2) is 0 Å². The van der Waals surface area contributed by atoms with Gasteiger partial charge in [-0.05, 0) is 18.9 Å². The molecule has 1 N–H and O–H groups in total. The first-order valence-electron chi connectivity index (χ1n) is 6.35. The zero-order valence-electron chi connectivity index (χ0n) is 11.2. The molecule has 1 fully saturated rings. The molecule has 22 heavy (non-hydrogen) atoms. The van der Waals surface area contributed by atoms with E-state index in [-0.39, 0.29) is 11.7 Å². The number of nitro groups is 1. The number of benzene rings is 1. The number of nitrogens with one attached hydrogen (secondary N) is 1. The summed E-state index contributed by atoms with van der Waals surface area (Å²) in [5.74, 6) is 0.916. The first-order valence-corrected chi connectivity index (χ1v) is 8.21. The van der Waals surface area contributed by atoms with Crippen LogP contribution in [0.4, 0.5) is 24.5 Å². The molecule has 0 saturated carbocycles. The van der Waals surface area contributed by atoms with Crippen molar-refractivity contribution >= 4 is 33.8 Å². The summed E-state index contributed by atoms with van der Waals surface area (Å²) >= 11 is 5.60. The van der Waals surface area contributed by atoms with Crippen molar-refractivity contribution in [3.05, 3.63) is 32.8 Å². The van der Waals surface area contributed by atoms with Crippen molar-refractivity contribution in [2.45, 2.75) is 25.1 Å². The number of hydrogen-bond donors (Lipinski definition) is 1. The molecule has 1 aliphatic heterocycles. The Morgan fingerprint density at radius 3 is 2.41 bits per heavy atom. The summed E-state index contributed by atoms with van der Waals surface area (Å²) in [5.41, 5.74) is -1.97. The number of nitrogens with zero attached hydrogens (tertiary/aromatic N) is 1. The van der Waals surface area contributed by atoms with E-state index in [2.05, 4.69) is 5.32 Å². The highest BCUT2D eigenvalue weighted by molar-refractivity contribution is 7.85. The van der Waals surface area contributed by atoms with Crippen molar-refractivity contribution in [2.24, 2.45) is 0 Å². The Morgan fingerprint density at radius 2 is 1.91 bits per heavy atom. The maximum Gasteiger partial charge on any atom is 0.418 e. The number of rotatable bonds is 3. The van der Waals surface area contributed by atoms with Crippen LogP contribution in [-0.2, 0) is 17.0 Å². The lowest BCUT2D eigenvalue weighted by atomic mass is 10.1. The zero-order chi connectivity index (χ0) is 16.5. The Morgan fingerprint density at radius 1 is 1.32 bits per heavy atom. The second kappa shape index (κ2) is 6.41. The Hall–Kier alpha value is -1.35. The Kier molecular flexibility index (Phi) is 4.96. The van der Waals surface area contributed by atoms with Crippen molar-refractivity contribution in [3.63, 3.8) is 0 Å². The average molecular weight is 357 g/mol. The Bertz CT molecular complexity index is 614. The molecule has 1 heterocycles. The molecule has 122 valence electrons. The van der Waals surface area contributed by atoms with Crippen LogP contribution in [0.15, 0.2) is 12.1 Å². The number of hydrogen-bond acceptors (Lipinski definition) is 4. The molecule has 1 aromatic carbocycles. The molecule has 0 spiro atoms. The number of halogens is 4. The molecule has 10 heteroatoms. The van der Waals surface area contributed by atoms with Crippen molar-refractivity contribution < 1.29 is 22.3 Å². The topological polar surface area (TPSA) is 72.2 Å². The van der Waals surface area contributed by atoms with Gasteiger partial charge < -0.3 is 5.32 Å². The van der Waals surface area contributed by atoms with Gasteiger partial charge in [0.25, 0.3) is 5.69 Å². The van der Waals surface area contributed by atoms with E-state index in [1.807, 2.05) is 0 Å². The van der Waals surface area contributed by atoms with Gasteiger partial charge in [0, 0.05) is 34.4 Å². The van der Waals surface area contributed by atoms with Gasteiger partial charge in [0.05, 0.1) is 15.5 Å². The first-order chi connectivity index (χ1) is 10.2. The number of nitro benzene ring substituents is 1. The fourth-order valence-electron chi connectivity index (χ4n) is 2.20. The number of alkyl halides is 3. The largest absolute Gasteiger partial charge is 0.418 e. The van der Waals surface area contributed by atoms with Crippen LogP contribution in [0.5, 0.6) is 0 Å². The Labute approximate surface area is 131 Å². The molecule has 1 saturated heterocycles. The summed E-state index contributed by atoms with van der Waals surface area (Å²) in [7, 11) is -0.902. The van der Waals surface area contributed by atoms with Crippen molar-refractivity contribution in [2.75, 3.05) is 16.8 Å². The summed E-state index contributed by atoms with van der Waals surface area (Å²) in [6.07, 6.45) is -3.70. The second-order valence-electron chi connectivity index (χ2n) is 4.87. The third-order valence-corrected chi connectivity index (χ3v) is 5.03. The van der Waals surface area contributed by atoms with Crippen LogP contribution < -0.4 is 5.32 Å². The van der Waals surface area contributed by atoms with Crippen molar-refractivity contribution in [1.82, 2.24) is 0 Å². The van der Waals surface area contributed by atoms with E-state index in [1.54, 1.807) is 0 Å². The molecular formula is C12H12ClF3N2O3S. The zero-order valence-corrected chi connectivity index (χ0v) is 12.7. The van der Waals surface area contributed by atoms with Crippen LogP contribution in [0.2, 0.25) is 5.02 Å². The second-order valence-corrected chi connectivity index (χ2v) is 6.97. The van der Waals surface area contributed by atoms with Gasteiger partial charge in [-0.2, -0.15) is 13.2 Å². The van der Waals surface area contributed by atoms with Crippen LogP contribution >= 0.6 is 11.6 Å². The third-order valence-electron chi connectivity index (χ3n) is 3.34. The summed E-state index contributed by atoms with van der Waals surface area (Å²) in [4.78, 5) is 10.1. The third kappa shape index (κ3) is 3.89. The molecule has 0 aromatic heterocycles. The maximum absolute atomic E-state index is 12.8. The SMILES string of the molecule is O=[N+]([O-])c1cc(C(F)(F)F)c(Cl)cc1NC1CCS(=O)CC1. The van der Waals surface area contributed by atoms with E-state index in [4.69, 9.17) is 11.6 Å². The molecule has 0 bridgehead atoms. The molecule has 0 amide bonds. The first kappa shape index (κ1) is 17.0. The van der Waals surface area contributed by atoms with Crippen LogP contribution in [0.25, 0.3) is 0 Å². The molecule has 0 atom stereocenters. The molecule has 1 aliphatic rings. The lowest BCUT2D eigenvalue weighted by molar-refractivity contribution is -0.384. The van der Waals surface area contributed by atoms with Crippen LogP contribution in [-0.4, -0.2) is 26.7 Å². The minimum Gasteiger partial charge on any atom is -0.377 e. The van der Waals surface area contributed by atoms with Gasteiger partial charge >= 0.3 is 6.18 Å². The monoisotopic (exact) mass is 356 g/mol.